The lowest BCUT2D eigenvalue weighted by Gasteiger charge is -2.40. The highest BCUT2D eigenvalue weighted by Gasteiger charge is 2.26. The van der Waals surface area contributed by atoms with Crippen molar-refractivity contribution in [1.82, 2.24) is 0 Å². The fourth-order valence-electron chi connectivity index (χ4n) is 1.99. The molecule has 0 fully saturated rings. The molecule has 1 aromatic carbocycles. The van der Waals surface area contributed by atoms with E-state index in [-0.39, 0.29) is 5.54 Å². The van der Waals surface area contributed by atoms with Crippen LogP contribution in [0.3, 0.4) is 0 Å². The van der Waals surface area contributed by atoms with Crippen molar-refractivity contribution in [3.05, 3.63) is 24.3 Å². The summed E-state index contributed by atoms with van der Waals surface area (Å²) in [6.45, 7) is 5.49. The summed E-state index contributed by atoms with van der Waals surface area (Å²) in [6.07, 6.45) is 0. The van der Waals surface area contributed by atoms with Gasteiger partial charge in [0.25, 0.3) is 0 Å². The summed E-state index contributed by atoms with van der Waals surface area (Å²) >= 11 is 0. The first kappa shape index (κ1) is 8.42. The van der Waals surface area contributed by atoms with Gasteiger partial charge in [-0.2, -0.15) is 0 Å². The number of rotatable bonds is 0. The Morgan fingerprint density at radius 2 is 2.00 bits per heavy atom. The molecule has 2 rings (SSSR count). The zero-order chi connectivity index (χ0) is 9.47. The lowest BCUT2D eigenvalue weighted by molar-refractivity contribution is 0.550. The standard InChI is InChI=1S/C11H16N2/c1-11(2)8-13(3)10-7-5-4-6-9(10)12-11/h4-7,12H,8H2,1-3H3. The summed E-state index contributed by atoms with van der Waals surface area (Å²) in [5, 5.41) is 3.52. The van der Waals surface area contributed by atoms with Crippen LogP contribution in [0.15, 0.2) is 24.3 Å². The van der Waals surface area contributed by atoms with Crippen LogP contribution in [0.5, 0.6) is 0 Å². The number of para-hydroxylation sites is 2. The molecule has 0 spiro atoms. The van der Waals surface area contributed by atoms with E-state index in [1.54, 1.807) is 0 Å². The first-order chi connectivity index (χ1) is 6.08. The van der Waals surface area contributed by atoms with Crippen LogP contribution in [0.2, 0.25) is 0 Å². The second kappa shape index (κ2) is 2.66. The van der Waals surface area contributed by atoms with E-state index in [1.807, 2.05) is 0 Å². The number of hydrogen-bond acceptors (Lipinski definition) is 2. The molecule has 0 aromatic heterocycles. The highest BCUT2D eigenvalue weighted by molar-refractivity contribution is 5.72. The first-order valence-electron chi connectivity index (χ1n) is 4.67. The van der Waals surface area contributed by atoms with Gasteiger partial charge in [-0.15, -0.1) is 0 Å². The van der Waals surface area contributed by atoms with Gasteiger partial charge < -0.3 is 10.2 Å². The zero-order valence-electron chi connectivity index (χ0n) is 8.46. The fourth-order valence-corrected chi connectivity index (χ4v) is 1.99. The molecule has 0 unspecified atom stereocenters. The van der Waals surface area contributed by atoms with Gasteiger partial charge in [0, 0.05) is 19.1 Å². The van der Waals surface area contributed by atoms with Crippen LogP contribution >= 0.6 is 0 Å². The van der Waals surface area contributed by atoms with Crippen LogP contribution in [0, 0.1) is 0 Å². The Balaban J connectivity index is 2.43. The van der Waals surface area contributed by atoms with E-state index in [0.717, 1.165) is 6.54 Å². The smallest absolute Gasteiger partial charge is 0.0600 e. The summed E-state index contributed by atoms with van der Waals surface area (Å²) in [4.78, 5) is 2.30. The normalized spacial score (nSPS) is 19.2. The van der Waals surface area contributed by atoms with Gasteiger partial charge in [0.15, 0.2) is 0 Å². The maximum atomic E-state index is 3.52. The number of nitrogens with one attached hydrogen (secondary N) is 1. The van der Waals surface area contributed by atoms with Gasteiger partial charge in [-0.1, -0.05) is 12.1 Å². The molecule has 2 nitrogen and oxygen atoms in total. The maximum Gasteiger partial charge on any atom is 0.0600 e. The first-order valence-corrected chi connectivity index (χ1v) is 4.67. The van der Waals surface area contributed by atoms with E-state index in [1.165, 1.54) is 11.4 Å². The van der Waals surface area contributed by atoms with Crippen molar-refractivity contribution >= 4 is 11.4 Å². The monoisotopic (exact) mass is 176 g/mol. The van der Waals surface area contributed by atoms with Gasteiger partial charge in [0.05, 0.1) is 11.4 Å². The van der Waals surface area contributed by atoms with Crippen molar-refractivity contribution in [3.8, 4) is 0 Å². The van der Waals surface area contributed by atoms with E-state index in [9.17, 15) is 0 Å². The number of fused-ring (bicyclic) bond motifs is 1. The fraction of sp³-hybridized carbons (Fsp3) is 0.455. The highest BCUT2D eigenvalue weighted by Crippen LogP contribution is 2.32. The van der Waals surface area contributed by atoms with Crippen molar-refractivity contribution < 1.29 is 0 Å². The third-order valence-corrected chi connectivity index (χ3v) is 2.42. The average Bonchev–Trinajstić information content (AvgIpc) is 2.02. The molecule has 13 heavy (non-hydrogen) atoms. The van der Waals surface area contributed by atoms with E-state index in [2.05, 4.69) is 55.4 Å². The summed E-state index contributed by atoms with van der Waals surface area (Å²) < 4.78 is 0. The molecule has 0 radical (unpaired) electrons. The minimum Gasteiger partial charge on any atom is -0.377 e. The van der Waals surface area contributed by atoms with Crippen LogP contribution < -0.4 is 10.2 Å². The largest absolute Gasteiger partial charge is 0.377 e. The van der Waals surface area contributed by atoms with Crippen LogP contribution in [-0.2, 0) is 0 Å². The van der Waals surface area contributed by atoms with E-state index < -0.39 is 0 Å². The van der Waals surface area contributed by atoms with E-state index in [4.69, 9.17) is 0 Å². The molecule has 0 atom stereocenters. The second-order valence-electron chi connectivity index (χ2n) is 4.38. The van der Waals surface area contributed by atoms with Crippen molar-refractivity contribution in [1.29, 1.82) is 0 Å². The molecular weight excluding hydrogens is 160 g/mol. The zero-order valence-corrected chi connectivity index (χ0v) is 8.46. The van der Waals surface area contributed by atoms with Crippen LogP contribution in [0.4, 0.5) is 11.4 Å². The Labute approximate surface area is 79.6 Å². The summed E-state index contributed by atoms with van der Waals surface area (Å²) in [5.41, 5.74) is 2.70. The van der Waals surface area contributed by atoms with E-state index >= 15 is 0 Å². The molecule has 1 aliphatic rings. The lowest BCUT2D eigenvalue weighted by atomic mass is 10.00. The van der Waals surface area contributed by atoms with Crippen LogP contribution in [-0.4, -0.2) is 19.1 Å². The molecule has 1 aromatic rings. The van der Waals surface area contributed by atoms with Gasteiger partial charge in [-0.3, -0.25) is 0 Å². The minimum atomic E-state index is 0.170. The predicted octanol–water partition coefficient (Wildman–Crippen LogP) is 2.33. The average molecular weight is 176 g/mol. The summed E-state index contributed by atoms with van der Waals surface area (Å²) in [7, 11) is 2.14. The molecule has 0 saturated heterocycles. The Bertz CT molecular complexity index is 318. The summed E-state index contributed by atoms with van der Waals surface area (Å²) in [5.74, 6) is 0. The van der Waals surface area contributed by atoms with Gasteiger partial charge in [0.1, 0.15) is 0 Å². The lowest BCUT2D eigenvalue weighted by Crippen LogP contribution is -2.46. The number of nitrogens with zero attached hydrogens (tertiary/aromatic N) is 1. The Morgan fingerprint density at radius 1 is 1.31 bits per heavy atom. The molecule has 1 aliphatic heterocycles. The van der Waals surface area contributed by atoms with Gasteiger partial charge in [-0.25, -0.2) is 0 Å². The van der Waals surface area contributed by atoms with Crippen LogP contribution in [0.25, 0.3) is 0 Å². The minimum absolute atomic E-state index is 0.170. The van der Waals surface area contributed by atoms with Crippen molar-refractivity contribution in [2.45, 2.75) is 19.4 Å². The molecular formula is C11H16N2. The molecule has 0 aliphatic carbocycles. The molecule has 2 heteroatoms. The quantitative estimate of drug-likeness (QED) is 0.652. The number of hydrogen-bond donors (Lipinski definition) is 1. The molecule has 0 amide bonds. The van der Waals surface area contributed by atoms with Gasteiger partial charge in [0.2, 0.25) is 0 Å². The Hall–Kier alpha value is -1.18. The van der Waals surface area contributed by atoms with Crippen molar-refractivity contribution in [3.63, 3.8) is 0 Å². The molecule has 0 bridgehead atoms. The highest BCUT2D eigenvalue weighted by atomic mass is 15.2. The Kier molecular flexibility index (Phi) is 1.72. The number of benzene rings is 1. The summed E-state index contributed by atoms with van der Waals surface area (Å²) in [6, 6.07) is 8.43. The van der Waals surface area contributed by atoms with Crippen molar-refractivity contribution in [2.75, 3.05) is 23.8 Å². The molecule has 1 heterocycles. The van der Waals surface area contributed by atoms with E-state index in [0.29, 0.717) is 0 Å². The predicted molar refractivity (Wildman–Crippen MR) is 57.4 cm³/mol. The number of anilines is 2. The van der Waals surface area contributed by atoms with Gasteiger partial charge >= 0.3 is 0 Å². The second-order valence-corrected chi connectivity index (χ2v) is 4.38. The SMILES string of the molecule is CN1CC(C)(C)Nc2ccccc21. The Morgan fingerprint density at radius 3 is 2.77 bits per heavy atom. The molecule has 70 valence electrons. The molecule has 0 saturated carbocycles. The topological polar surface area (TPSA) is 15.3 Å². The number of likely N-dealkylation sites (N-methyl/N-ethyl adjacent to an activating group) is 1. The maximum absolute atomic E-state index is 3.52. The third kappa shape index (κ3) is 1.48. The third-order valence-electron chi connectivity index (χ3n) is 2.42. The molecule has 1 N–H and O–H groups in total. The van der Waals surface area contributed by atoms with Crippen molar-refractivity contribution in [2.24, 2.45) is 0 Å². The van der Waals surface area contributed by atoms with Gasteiger partial charge in [-0.05, 0) is 26.0 Å². The van der Waals surface area contributed by atoms with Crippen LogP contribution in [0.1, 0.15) is 13.8 Å².